The number of rotatable bonds is 1. The van der Waals surface area contributed by atoms with E-state index in [0.29, 0.717) is 0 Å². The molecule has 0 aliphatic rings. The normalized spacial score (nSPS) is 11.5. The molecular formula is C2HClF2O2S. The summed E-state index contributed by atoms with van der Waals surface area (Å²) in [5.41, 5.74) is 0. The summed E-state index contributed by atoms with van der Waals surface area (Å²) in [4.78, 5) is 9.66. The predicted octanol–water partition coefficient (Wildman–Crippen LogP) is 1.55. The molecule has 0 aromatic rings. The quantitative estimate of drug-likeness (QED) is 0.470. The van der Waals surface area contributed by atoms with Crippen LogP contribution in [0.1, 0.15) is 0 Å². The highest BCUT2D eigenvalue weighted by Gasteiger charge is 2.35. The van der Waals surface area contributed by atoms with E-state index in [4.69, 9.17) is 4.55 Å². The van der Waals surface area contributed by atoms with Gasteiger partial charge in [0.1, 0.15) is 0 Å². The van der Waals surface area contributed by atoms with Crippen LogP contribution in [0.5, 0.6) is 0 Å². The first-order valence-electron chi connectivity index (χ1n) is 1.41. The van der Waals surface area contributed by atoms with Gasteiger partial charge in [-0.05, 0) is 11.6 Å². The maximum absolute atomic E-state index is 11.4. The molecule has 6 heteroatoms. The lowest BCUT2D eigenvalue weighted by Gasteiger charge is -1.99. The maximum Gasteiger partial charge on any atom is 0.392 e. The van der Waals surface area contributed by atoms with Crippen molar-refractivity contribution in [2.75, 3.05) is 0 Å². The van der Waals surface area contributed by atoms with Crippen LogP contribution in [0.25, 0.3) is 0 Å². The molecule has 0 aliphatic carbocycles. The highest BCUT2D eigenvalue weighted by atomic mass is 35.5. The van der Waals surface area contributed by atoms with Crippen LogP contribution in [0, 0.1) is 0 Å². The van der Waals surface area contributed by atoms with Crippen molar-refractivity contribution >= 4 is 28.8 Å². The molecule has 0 spiro atoms. The van der Waals surface area contributed by atoms with Crippen LogP contribution in [0.4, 0.5) is 8.78 Å². The van der Waals surface area contributed by atoms with Gasteiger partial charge in [0, 0.05) is 0 Å². The fourth-order valence-corrected chi connectivity index (χ4v) is 0.259. The van der Waals surface area contributed by atoms with E-state index < -0.39 is 22.5 Å². The summed E-state index contributed by atoms with van der Waals surface area (Å²) in [5.74, 6) is 0. The second kappa shape index (κ2) is 2.61. The zero-order valence-corrected chi connectivity index (χ0v) is 4.97. The summed E-state index contributed by atoms with van der Waals surface area (Å²) in [6.07, 6.45) is 0. The molecule has 8 heavy (non-hydrogen) atoms. The lowest BCUT2D eigenvalue weighted by Crippen LogP contribution is -2.16. The molecule has 0 saturated carbocycles. The first-order chi connectivity index (χ1) is 3.48. The predicted molar refractivity (Wildman–Crippen MR) is 26.0 cm³/mol. The molecule has 0 saturated heterocycles. The van der Waals surface area contributed by atoms with E-state index in [1.54, 1.807) is 0 Å². The first kappa shape index (κ1) is 8.13. The Balaban J connectivity index is 3.82. The van der Waals surface area contributed by atoms with E-state index in [9.17, 15) is 13.6 Å². The molecule has 0 heterocycles. The van der Waals surface area contributed by atoms with Crippen LogP contribution in [0.2, 0.25) is 0 Å². The molecule has 0 aromatic carbocycles. The molecule has 0 aromatic heterocycles. The molecule has 1 N–H and O–H groups in total. The van der Waals surface area contributed by atoms with Crippen molar-refractivity contribution in [2.45, 2.75) is 5.38 Å². The lowest BCUT2D eigenvalue weighted by molar-refractivity contribution is -0.124. The average molecular weight is 163 g/mol. The molecular weight excluding hydrogens is 162 g/mol. The van der Waals surface area contributed by atoms with Crippen LogP contribution in [0.3, 0.4) is 0 Å². The number of hydrogen-bond donors (Lipinski definition) is 1. The Kier molecular flexibility index (Phi) is 2.65. The minimum Gasteiger partial charge on any atom is -0.323 e. The Hall–Kier alpha value is 0.130. The molecule has 0 rings (SSSR count). The van der Waals surface area contributed by atoms with Crippen molar-refractivity contribution in [1.82, 2.24) is 0 Å². The van der Waals surface area contributed by atoms with Gasteiger partial charge in [0.15, 0.2) is 0 Å². The van der Waals surface area contributed by atoms with Gasteiger partial charge in [-0.15, -0.1) is 0 Å². The minimum absolute atomic E-state index is 0.589. The van der Waals surface area contributed by atoms with Crippen molar-refractivity contribution in [2.24, 2.45) is 0 Å². The number of carbonyl (C=O) groups excluding carboxylic acids is 1. The number of carbonyl (C=O) groups is 1. The maximum atomic E-state index is 11.4. The molecule has 2 nitrogen and oxygen atoms in total. The van der Waals surface area contributed by atoms with Crippen molar-refractivity contribution in [1.29, 1.82) is 0 Å². The van der Waals surface area contributed by atoms with E-state index in [2.05, 4.69) is 11.6 Å². The minimum atomic E-state index is -3.95. The Morgan fingerprint density at radius 3 is 2.12 bits per heavy atom. The second-order valence-electron chi connectivity index (χ2n) is 0.877. The van der Waals surface area contributed by atoms with E-state index >= 15 is 0 Å². The summed E-state index contributed by atoms with van der Waals surface area (Å²) in [7, 11) is 0. The Morgan fingerprint density at radius 2 is 2.12 bits per heavy atom. The van der Waals surface area contributed by atoms with Gasteiger partial charge in [0.25, 0.3) is 0 Å². The van der Waals surface area contributed by atoms with Gasteiger partial charge in [-0.2, -0.15) is 8.78 Å². The third kappa shape index (κ3) is 2.44. The lowest BCUT2D eigenvalue weighted by atomic mass is 10.8. The molecule has 0 unspecified atom stereocenters. The fraction of sp³-hybridized carbons (Fsp3) is 0.500. The van der Waals surface area contributed by atoms with Crippen molar-refractivity contribution < 1.29 is 18.1 Å². The van der Waals surface area contributed by atoms with Crippen molar-refractivity contribution in [3.8, 4) is 0 Å². The highest BCUT2D eigenvalue weighted by molar-refractivity contribution is 8.09. The smallest absolute Gasteiger partial charge is 0.323 e. The number of halogens is 3. The molecule has 0 atom stereocenters. The van der Waals surface area contributed by atoms with Gasteiger partial charge in [-0.25, -0.2) is 0 Å². The van der Waals surface area contributed by atoms with Gasteiger partial charge < -0.3 is 4.55 Å². The first-order valence-corrected chi connectivity index (χ1v) is 2.56. The van der Waals surface area contributed by atoms with Crippen LogP contribution >= 0.6 is 23.6 Å². The Morgan fingerprint density at radius 1 is 1.75 bits per heavy atom. The summed E-state index contributed by atoms with van der Waals surface area (Å²) in [5, 5.41) is -5.71. The van der Waals surface area contributed by atoms with Gasteiger partial charge in [0.05, 0.1) is 12.0 Å². The van der Waals surface area contributed by atoms with Crippen LogP contribution in [-0.4, -0.2) is 15.0 Å². The summed E-state index contributed by atoms with van der Waals surface area (Å²) in [6.45, 7) is 0. The topological polar surface area (TPSA) is 37.3 Å². The third-order valence-electron chi connectivity index (χ3n) is 0.314. The van der Waals surface area contributed by atoms with E-state index in [0.717, 1.165) is 0 Å². The second-order valence-corrected chi connectivity index (χ2v) is 1.90. The molecule has 0 aliphatic heterocycles. The van der Waals surface area contributed by atoms with Gasteiger partial charge >= 0.3 is 10.5 Å². The molecule has 0 radical (unpaired) electrons. The SMILES string of the molecule is O=C(SO)C(F)(F)Cl. The van der Waals surface area contributed by atoms with E-state index in [1.165, 1.54) is 0 Å². The highest BCUT2D eigenvalue weighted by Crippen LogP contribution is 2.24. The zero-order chi connectivity index (χ0) is 6.78. The van der Waals surface area contributed by atoms with Crippen molar-refractivity contribution in [3.63, 3.8) is 0 Å². The van der Waals surface area contributed by atoms with E-state index in [1.807, 2.05) is 0 Å². The van der Waals surface area contributed by atoms with Crippen LogP contribution in [0.15, 0.2) is 0 Å². The molecule has 0 amide bonds. The van der Waals surface area contributed by atoms with Crippen molar-refractivity contribution in [3.05, 3.63) is 0 Å². The third-order valence-corrected chi connectivity index (χ3v) is 1.02. The van der Waals surface area contributed by atoms with Gasteiger partial charge in [-0.1, -0.05) is 0 Å². The zero-order valence-electron chi connectivity index (χ0n) is 3.40. The molecule has 0 bridgehead atoms. The molecule has 0 fully saturated rings. The summed E-state index contributed by atoms with van der Waals surface area (Å²) >= 11 is 3.53. The Bertz CT molecular complexity index is 101. The average Bonchev–Trinajstić information content (AvgIpc) is 1.62. The monoisotopic (exact) mass is 162 g/mol. The summed E-state index contributed by atoms with van der Waals surface area (Å²) in [6, 6.07) is 0. The largest absolute Gasteiger partial charge is 0.392 e. The van der Waals surface area contributed by atoms with Crippen LogP contribution in [-0.2, 0) is 4.79 Å². The molecule has 48 valence electrons. The number of alkyl halides is 3. The summed E-state index contributed by atoms with van der Waals surface area (Å²) < 4.78 is 30.4. The number of hydrogen-bond acceptors (Lipinski definition) is 3. The Labute approximate surface area is 53.0 Å². The van der Waals surface area contributed by atoms with Gasteiger partial charge in [0.2, 0.25) is 0 Å². The standard InChI is InChI=1S/C2HClF2O2S/c3-2(4,5)1(6)8-7/h7H. The van der Waals surface area contributed by atoms with E-state index in [-0.39, 0.29) is 0 Å². The van der Waals surface area contributed by atoms with Crippen LogP contribution < -0.4 is 0 Å². The fourth-order valence-electron chi connectivity index (χ4n) is 0.0518. The van der Waals surface area contributed by atoms with Gasteiger partial charge in [-0.3, -0.25) is 4.79 Å².